The Kier molecular flexibility index (Phi) is 55.2. The topological polar surface area (TPSA) is 23.8 Å². The van der Waals surface area contributed by atoms with Crippen molar-refractivity contribution in [3.8, 4) is 0 Å². The summed E-state index contributed by atoms with van der Waals surface area (Å²) in [5, 5.41) is 0. The zero-order valence-electron chi connectivity index (χ0n) is 12.1. The number of allylic oxidation sites excluding steroid dienone is 4. The van der Waals surface area contributed by atoms with Gasteiger partial charge in [0, 0.05) is 0 Å². The van der Waals surface area contributed by atoms with Crippen LogP contribution in [0.4, 0.5) is 0 Å². The van der Waals surface area contributed by atoms with Gasteiger partial charge in [0.1, 0.15) is 0 Å². The normalized spacial score (nSPS) is 9.44. The molecular weight excluding hydrogens is 246 g/mol. The Bertz CT molecular complexity index is 133. The molecule has 0 aliphatic heterocycles. The third-order valence-corrected chi connectivity index (χ3v) is 0.586. The van der Waals surface area contributed by atoms with Crippen LogP contribution in [0.3, 0.4) is 0 Å². The first kappa shape index (κ1) is 36.0. The molecule has 0 amide bonds. The fraction of sp³-hybridized carbons (Fsp3) is 0.385. The molecule has 1 N–H and O–H groups in total. The average Bonchev–Trinajstić information content (AvgIpc) is 2.41. The first-order chi connectivity index (χ1) is 5.50. The Hall–Kier alpha value is 0.371. The van der Waals surface area contributed by atoms with Crippen LogP contribution in [0, 0.1) is 35.8 Å². The molecule has 16 heavy (non-hydrogen) atoms. The van der Waals surface area contributed by atoms with Crippen molar-refractivity contribution in [3.05, 3.63) is 59.7 Å². The molecule has 0 saturated carbocycles. The van der Waals surface area contributed by atoms with Gasteiger partial charge in [0.15, 0.2) is 0 Å². The molecule has 0 atom stereocenters. The number of hydrogen-bond donors (Lipinski definition) is 0. The molecule has 1 nitrogen and oxygen atoms in total. The predicted octanol–water partition coefficient (Wildman–Crippen LogP) is 4.03. The van der Waals surface area contributed by atoms with E-state index in [1.54, 1.807) is 0 Å². The van der Waals surface area contributed by atoms with Crippen molar-refractivity contribution >= 4 is 7.63 Å². The molecule has 1 aliphatic carbocycles. The second-order valence-electron chi connectivity index (χ2n) is 3.25. The van der Waals surface area contributed by atoms with E-state index >= 15 is 0 Å². The van der Waals surface area contributed by atoms with Crippen LogP contribution in [0.2, 0.25) is 0 Å². The van der Waals surface area contributed by atoms with Crippen LogP contribution in [0.1, 0.15) is 27.2 Å². The molecule has 0 aromatic carbocycles. The monoisotopic (exact) mass is 275 g/mol. The molecule has 0 aromatic rings. The molecule has 0 spiro atoms. The summed E-state index contributed by atoms with van der Waals surface area (Å²) in [6.07, 6.45) is 10.0. The molecular formula is C13H29NSiTi-6. The van der Waals surface area contributed by atoms with Gasteiger partial charge in [0.2, 0.25) is 0 Å². The summed E-state index contributed by atoms with van der Waals surface area (Å²) < 4.78 is 0. The summed E-state index contributed by atoms with van der Waals surface area (Å²) in [6.45, 7) is 5.56. The standard InChI is InChI=1S/C5H5.C4H10N.4CH3.H2Si.Ti/c1-2-4-5-3-1;1-4(2,3)5;;;;;;/h1-3H,4H2;5H,1-3H3;4*1H3;1H2;/q6*-1;;. The van der Waals surface area contributed by atoms with Crippen molar-refractivity contribution in [3.63, 3.8) is 0 Å². The first-order valence-corrected chi connectivity index (χ1v) is 7.84. The second kappa shape index (κ2) is 24.6. The van der Waals surface area contributed by atoms with Gasteiger partial charge < -0.3 is 35.4 Å². The van der Waals surface area contributed by atoms with Crippen LogP contribution in [-0.4, -0.2) is 13.2 Å². The third kappa shape index (κ3) is 89.1. The van der Waals surface area contributed by atoms with Crippen molar-refractivity contribution in [2.24, 2.45) is 0 Å². The van der Waals surface area contributed by atoms with Crippen molar-refractivity contribution in [2.75, 3.05) is 0 Å². The van der Waals surface area contributed by atoms with E-state index in [1.165, 1.54) is 0 Å². The molecule has 0 bridgehead atoms. The summed E-state index contributed by atoms with van der Waals surface area (Å²) in [4.78, 5) is 0. The van der Waals surface area contributed by atoms with Crippen LogP contribution in [0.25, 0.3) is 5.73 Å². The second-order valence-corrected chi connectivity index (χ2v) is 3.25. The van der Waals surface area contributed by atoms with Gasteiger partial charge in [0.05, 0.1) is 0 Å². The molecule has 1 rings (SSSR count). The molecule has 0 heterocycles. The van der Waals surface area contributed by atoms with E-state index in [9.17, 15) is 0 Å². The minimum atomic E-state index is -0.250. The van der Waals surface area contributed by atoms with E-state index in [2.05, 4.69) is 12.2 Å². The van der Waals surface area contributed by atoms with Gasteiger partial charge in [-0.05, 0) is 0 Å². The molecule has 0 saturated heterocycles. The van der Waals surface area contributed by atoms with Crippen molar-refractivity contribution < 1.29 is 19.2 Å². The van der Waals surface area contributed by atoms with Crippen molar-refractivity contribution in [1.82, 2.24) is 0 Å². The molecule has 3 heteroatoms. The average molecular weight is 275 g/mol. The fourth-order valence-electron chi connectivity index (χ4n) is 0.340. The molecule has 0 radical (unpaired) electrons. The molecule has 100 valence electrons. The quantitative estimate of drug-likeness (QED) is 0.471. The van der Waals surface area contributed by atoms with Gasteiger partial charge in [-0.15, -0.1) is 12.0 Å². The summed E-state index contributed by atoms with van der Waals surface area (Å²) in [5.74, 6) is 0. The van der Waals surface area contributed by atoms with Crippen LogP contribution >= 0.6 is 0 Å². The predicted molar refractivity (Wildman–Crippen MR) is 79.8 cm³/mol. The summed E-state index contributed by atoms with van der Waals surface area (Å²) in [5.41, 5.74) is 6.69. The van der Waals surface area contributed by atoms with E-state index in [0.717, 1.165) is 6.42 Å². The van der Waals surface area contributed by atoms with E-state index in [1.807, 2.05) is 59.7 Å². The van der Waals surface area contributed by atoms with Gasteiger partial charge in [-0.2, -0.15) is 6.08 Å². The van der Waals surface area contributed by atoms with Crippen LogP contribution in [-0.2, 0) is 19.2 Å². The van der Waals surface area contributed by atoms with Crippen molar-refractivity contribution in [2.45, 2.75) is 32.7 Å². The Balaban J connectivity index is -0.0000000222. The SMILES string of the molecule is CC(C)(C)[NH-].[C-]1=CC=CC1.[CH3-].[CH3-].[CH3-].[CH3-].[SiH2]=[Ti]. The van der Waals surface area contributed by atoms with E-state index in [4.69, 9.17) is 5.73 Å². The zero-order chi connectivity index (χ0) is 10.0. The van der Waals surface area contributed by atoms with E-state index in [-0.39, 0.29) is 35.2 Å². The van der Waals surface area contributed by atoms with Gasteiger partial charge >= 0.3 is 26.8 Å². The van der Waals surface area contributed by atoms with Crippen molar-refractivity contribution in [1.29, 1.82) is 0 Å². The Labute approximate surface area is 119 Å². The summed E-state index contributed by atoms with van der Waals surface area (Å²) >= 11 is 2.03. The third-order valence-electron chi connectivity index (χ3n) is 0.586. The van der Waals surface area contributed by atoms with Gasteiger partial charge in [-0.1, -0.05) is 20.8 Å². The number of hydrogen-bond acceptors (Lipinski definition) is 0. The maximum absolute atomic E-state index is 6.94. The Morgan fingerprint density at radius 1 is 1.12 bits per heavy atom. The van der Waals surface area contributed by atoms with Gasteiger partial charge in [-0.3, -0.25) is 6.08 Å². The fourth-order valence-corrected chi connectivity index (χ4v) is 0.340. The maximum atomic E-state index is 6.94. The first-order valence-electron chi connectivity index (χ1n) is 3.82. The molecule has 0 aromatic heterocycles. The van der Waals surface area contributed by atoms with Crippen LogP contribution in [0.5, 0.6) is 0 Å². The van der Waals surface area contributed by atoms with Gasteiger partial charge in [-0.25, -0.2) is 12.2 Å². The zero-order valence-corrected chi connectivity index (χ0v) is 15.1. The molecule has 0 fully saturated rings. The van der Waals surface area contributed by atoms with E-state index < -0.39 is 0 Å². The van der Waals surface area contributed by atoms with E-state index in [0.29, 0.717) is 0 Å². The van der Waals surface area contributed by atoms with Gasteiger partial charge in [0.25, 0.3) is 0 Å². The van der Waals surface area contributed by atoms with Crippen LogP contribution < -0.4 is 0 Å². The summed E-state index contributed by atoms with van der Waals surface area (Å²) in [7, 11) is 1.86. The van der Waals surface area contributed by atoms with Crippen LogP contribution in [0.15, 0.2) is 18.2 Å². The Morgan fingerprint density at radius 2 is 1.44 bits per heavy atom. The number of rotatable bonds is 0. The minimum absolute atomic E-state index is 0. The molecule has 1 aliphatic rings. The molecule has 0 unspecified atom stereocenters. The Morgan fingerprint density at radius 3 is 1.50 bits per heavy atom. The summed E-state index contributed by atoms with van der Waals surface area (Å²) in [6, 6.07) is 0. The number of nitrogens with one attached hydrogen (secondary N) is 1.